The summed E-state index contributed by atoms with van der Waals surface area (Å²) in [6, 6.07) is 5.89. The summed E-state index contributed by atoms with van der Waals surface area (Å²) in [5, 5.41) is 7.51. The van der Waals surface area contributed by atoms with E-state index in [2.05, 4.69) is 10.2 Å². The molecule has 0 aliphatic carbocycles. The molecule has 2 heterocycles. The molecule has 0 radical (unpaired) electrons. The first kappa shape index (κ1) is 18.5. The number of aromatic nitrogens is 2. The smallest absolute Gasteiger partial charge is 0.338 e. The van der Waals surface area contributed by atoms with Crippen LogP contribution in [-0.2, 0) is 14.8 Å². The van der Waals surface area contributed by atoms with E-state index in [4.69, 9.17) is 9.15 Å². The van der Waals surface area contributed by atoms with Crippen molar-refractivity contribution in [3.05, 3.63) is 41.6 Å². The van der Waals surface area contributed by atoms with Gasteiger partial charge in [-0.2, -0.15) is 4.31 Å². The van der Waals surface area contributed by atoms with E-state index in [0.29, 0.717) is 19.0 Å². The van der Waals surface area contributed by atoms with Crippen LogP contribution in [0.1, 0.15) is 54.4 Å². The van der Waals surface area contributed by atoms with Crippen LogP contribution in [0.4, 0.5) is 0 Å². The van der Waals surface area contributed by atoms with Gasteiger partial charge < -0.3 is 9.15 Å². The fourth-order valence-corrected chi connectivity index (χ4v) is 4.36. The molecule has 9 heteroatoms. The van der Waals surface area contributed by atoms with E-state index in [9.17, 15) is 13.2 Å². The molecule has 0 spiro atoms. The number of ether oxygens (including phenoxy) is 1. The van der Waals surface area contributed by atoms with Crippen LogP contribution in [0.15, 0.2) is 33.6 Å². The Balaban J connectivity index is 1.77. The Kier molecular flexibility index (Phi) is 5.38. The van der Waals surface area contributed by atoms with Gasteiger partial charge in [-0.05, 0) is 38.0 Å². The maximum atomic E-state index is 12.7. The molecule has 1 unspecified atom stereocenters. The summed E-state index contributed by atoms with van der Waals surface area (Å²) in [5.74, 6) is -0.0884. The zero-order chi connectivity index (χ0) is 18.7. The molecule has 3 rings (SSSR count). The lowest BCUT2D eigenvalue weighted by Crippen LogP contribution is -2.35. The number of carbonyl (C=O) groups excluding carboxylic acids is 1. The highest BCUT2D eigenvalue weighted by Gasteiger charge is 2.27. The average molecular weight is 379 g/mol. The van der Waals surface area contributed by atoms with Gasteiger partial charge in [-0.3, -0.25) is 0 Å². The van der Waals surface area contributed by atoms with E-state index >= 15 is 0 Å². The van der Waals surface area contributed by atoms with Crippen LogP contribution in [0, 0.1) is 6.92 Å². The number of hydrogen-bond acceptors (Lipinski definition) is 7. The van der Waals surface area contributed by atoms with Gasteiger partial charge in [0.1, 0.15) is 0 Å². The van der Waals surface area contributed by atoms with Crippen molar-refractivity contribution in [3.8, 4) is 0 Å². The zero-order valence-electron chi connectivity index (χ0n) is 14.7. The summed E-state index contributed by atoms with van der Waals surface area (Å²) in [5.41, 5.74) is 0.158. The minimum atomic E-state index is -3.61. The first-order chi connectivity index (χ1) is 12.4. The molecule has 1 aliphatic heterocycles. The summed E-state index contributed by atoms with van der Waals surface area (Å²) < 4.78 is 37.5. The van der Waals surface area contributed by atoms with Crippen LogP contribution in [0.5, 0.6) is 0 Å². The highest BCUT2D eigenvalue weighted by atomic mass is 32.2. The van der Waals surface area contributed by atoms with Crippen LogP contribution in [0.25, 0.3) is 0 Å². The van der Waals surface area contributed by atoms with Crippen molar-refractivity contribution in [2.45, 2.75) is 44.1 Å². The van der Waals surface area contributed by atoms with Crippen molar-refractivity contribution < 1.29 is 22.4 Å². The molecule has 1 saturated heterocycles. The molecule has 140 valence electrons. The van der Waals surface area contributed by atoms with Crippen LogP contribution >= 0.6 is 0 Å². The lowest BCUT2D eigenvalue weighted by Gasteiger charge is -2.26. The number of esters is 1. The van der Waals surface area contributed by atoms with Gasteiger partial charge in [-0.1, -0.05) is 12.5 Å². The van der Waals surface area contributed by atoms with Gasteiger partial charge in [0.15, 0.2) is 6.10 Å². The van der Waals surface area contributed by atoms with E-state index in [1.807, 2.05) is 0 Å². The van der Waals surface area contributed by atoms with Crippen molar-refractivity contribution in [2.24, 2.45) is 0 Å². The Morgan fingerprint density at radius 1 is 1.23 bits per heavy atom. The third kappa shape index (κ3) is 3.94. The molecule has 1 fully saturated rings. The van der Waals surface area contributed by atoms with Gasteiger partial charge in [0.25, 0.3) is 5.89 Å². The summed E-state index contributed by atoms with van der Waals surface area (Å²) in [4.78, 5) is 12.5. The summed E-state index contributed by atoms with van der Waals surface area (Å²) in [6.07, 6.45) is 2.00. The standard InChI is InChI=1S/C17H21N3O5S/c1-12(16-19-18-13(2)25-16)24-17(21)14-7-6-8-15(11-14)26(22,23)20-9-4-3-5-10-20/h6-8,11-12H,3-5,9-10H2,1-2H3. The second kappa shape index (κ2) is 7.55. The Bertz CT molecular complexity index is 887. The molecule has 0 bridgehead atoms. The largest absolute Gasteiger partial charge is 0.449 e. The monoisotopic (exact) mass is 379 g/mol. The van der Waals surface area contributed by atoms with Crippen LogP contribution in [-0.4, -0.2) is 42.0 Å². The summed E-state index contributed by atoms with van der Waals surface area (Å²) in [6.45, 7) is 4.26. The van der Waals surface area contributed by atoms with E-state index in [0.717, 1.165) is 19.3 Å². The minimum Gasteiger partial charge on any atom is -0.449 e. The minimum absolute atomic E-state index is 0.0927. The molecule has 26 heavy (non-hydrogen) atoms. The number of nitrogens with zero attached hydrogens (tertiary/aromatic N) is 3. The van der Waals surface area contributed by atoms with Crippen LogP contribution in [0.2, 0.25) is 0 Å². The second-order valence-corrected chi connectivity index (χ2v) is 8.14. The molecule has 1 atom stereocenters. The number of piperidine rings is 1. The first-order valence-electron chi connectivity index (χ1n) is 8.49. The molecule has 1 aromatic heterocycles. The number of carbonyl (C=O) groups is 1. The summed E-state index contributed by atoms with van der Waals surface area (Å²) >= 11 is 0. The molecule has 0 saturated carbocycles. The number of sulfonamides is 1. The van der Waals surface area contributed by atoms with Gasteiger partial charge in [0, 0.05) is 20.0 Å². The predicted octanol–water partition coefficient (Wildman–Crippen LogP) is 2.47. The van der Waals surface area contributed by atoms with E-state index < -0.39 is 22.1 Å². The van der Waals surface area contributed by atoms with E-state index in [-0.39, 0.29) is 16.3 Å². The van der Waals surface area contributed by atoms with Crippen molar-refractivity contribution in [2.75, 3.05) is 13.1 Å². The molecule has 1 aromatic carbocycles. The van der Waals surface area contributed by atoms with Crippen LogP contribution in [0.3, 0.4) is 0 Å². The van der Waals surface area contributed by atoms with Crippen molar-refractivity contribution in [3.63, 3.8) is 0 Å². The van der Waals surface area contributed by atoms with Gasteiger partial charge >= 0.3 is 5.97 Å². The number of hydrogen-bond donors (Lipinski definition) is 0. The third-order valence-corrected chi connectivity index (χ3v) is 6.09. The zero-order valence-corrected chi connectivity index (χ0v) is 15.5. The molecule has 0 N–H and O–H groups in total. The lowest BCUT2D eigenvalue weighted by atomic mass is 10.2. The quantitative estimate of drug-likeness (QED) is 0.735. The van der Waals surface area contributed by atoms with Crippen LogP contribution < -0.4 is 0 Å². The molecule has 1 aliphatic rings. The Hall–Kier alpha value is -2.26. The third-order valence-electron chi connectivity index (χ3n) is 4.20. The normalized spacial score (nSPS) is 17.0. The van der Waals surface area contributed by atoms with E-state index in [1.165, 1.54) is 28.6 Å². The van der Waals surface area contributed by atoms with Crippen molar-refractivity contribution in [1.82, 2.24) is 14.5 Å². The molecular weight excluding hydrogens is 358 g/mol. The van der Waals surface area contributed by atoms with Gasteiger partial charge in [-0.25, -0.2) is 13.2 Å². The SMILES string of the molecule is Cc1nnc(C(C)OC(=O)c2cccc(S(=O)(=O)N3CCCCC3)c2)o1. The maximum Gasteiger partial charge on any atom is 0.338 e. The molecule has 8 nitrogen and oxygen atoms in total. The molecular formula is C17H21N3O5S. The topological polar surface area (TPSA) is 103 Å². The first-order valence-corrected chi connectivity index (χ1v) is 9.93. The number of aryl methyl sites for hydroxylation is 1. The van der Waals surface area contributed by atoms with Gasteiger partial charge in [-0.15, -0.1) is 10.2 Å². The van der Waals surface area contributed by atoms with E-state index in [1.54, 1.807) is 13.8 Å². The Morgan fingerprint density at radius 2 is 1.96 bits per heavy atom. The van der Waals surface area contributed by atoms with Crippen molar-refractivity contribution in [1.29, 1.82) is 0 Å². The lowest BCUT2D eigenvalue weighted by molar-refractivity contribution is 0.0276. The number of rotatable bonds is 5. The number of benzene rings is 1. The Morgan fingerprint density at radius 3 is 2.62 bits per heavy atom. The predicted molar refractivity (Wildman–Crippen MR) is 91.9 cm³/mol. The van der Waals surface area contributed by atoms with Gasteiger partial charge in [0.05, 0.1) is 10.5 Å². The molecule has 0 amide bonds. The highest BCUT2D eigenvalue weighted by molar-refractivity contribution is 7.89. The second-order valence-electron chi connectivity index (χ2n) is 6.20. The Labute approximate surface area is 152 Å². The summed E-state index contributed by atoms with van der Waals surface area (Å²) in [7, 11) is -3.61. The average Bonchev–Trinajstić information content (AvgIpc) is 3.09. The van der Waals surface area contributed by atoms with Gasteiger partial charge in [0.2, 0.25) is 15.9 Å². The fourth-order valence-electron chi connectivity index (χ4n) is 2.79. The highest BCUT2D eigenvalue weighted by Crippen LogP contribution is 2.23. The van der Waals surface area contributed by atoms with Crippen molar-refractivity contribution >= 4 is 16.0 Å². The molecule has 2 aromatic rings. The maximum absolute atomic E-state index is 12.7. The fraction of sp³-hybridized carbons (Fsp3) is 0.471.